The van der Waals surface area contributed by atoms with Crippen LogP contribution in [0, 0.1) is 0 Å². The second-order valence-electron chi connectivity index (χ2n) is 3.84. The first-order chi connectivity index (χ1) is 9.61. The van der Waals surface area contributed by atoms with Crippen molar-refractivity contribution in [3.63, 3.8) is 0 Å². The molecule has 0 aliphatic heterocycles. The third-order valence-corrected chi connectivity index (χ3v) is 3.28. The molecule has 20 heavy (non-hydrogen) atoms. The fraction of sp³-hybridized carbons (Fsp3) is 0.0833. The standard InChI is InChI=1S/C12H8F2N4OS/c13-11(14)19-7-3-1-6(2-4-7)8-5-16-9-10(17-8)20-12(15)18-9/h1-5,11H,(H2,15,16,18). The number of thiazole rings is 1. The molecule has 2 heterocycles. The fourth-order valence-corrected chi connectivity index (χ4v) is 2.35. The Balaban J connectivity index is 1.93. The number of halogens is 2. The normalized spacial score (nSPS) is 11.2. The summed E-state index contributed by atoms with van der Waals surface area (Å²) in [5.74, 6) is 0.0971. The maximum absolute atomic E-state index is 12.1. The van der Waals surface area contributed by atoms with E-state index in [2.05, 4.69) is 19.7 Å². The Morgan fingerprint density at radius 2 is 1.90 bits per heavy atom. The Bertz CT molecular complexity index is 745. The van der Waals surface area contributed by atoms with Gasteiger partial charge in [-0.25, -0.2) is 9.97 Å². The lowest BCUT2D eigenvalue weighted by Gasteiger charge is -2.05. The average molecular weight is 294 g/mol. The molecule has 0 spiro atoms. The lowest BCUT2D eigenvalue weighted by atomic mass is 10.1. The molecule has 102 valence electrons. The van der Waals surface area contributed by atoms with E-state index >= 15 is 0 Å². The minimum atomic E-state index is -2.84. The van der Waals surface area contributed by atoms with Gasteiger partial charge in [0.05, 0.1) is 11.9 Å². The van der Waals surface area contributed by atoms with Crippen LogP contribution >= 0.6 is 11.3 Å². The summed E-state index contributed by atoms with van der Waals surface area (Å²) in [6.45, 7) is -2.84. The zero-order valence-corrected chi connectivity index (χ0v) is 10.8. The lowest BCUT2D eigenvalue weighted by molar-refractivity contribution is -0.0498. The largest absolute Gasteiger partial charge is 0.435 e. The number of benzene rings is 1. The van der Waals surface area contributed by atoms with Crippen LogP contribution in [-0.4, -0.2) is 21.6 Å². The summed E-state index contributed by atoms with van der Waals surface area (Å²) in [7, 11) is 0. The molecular weight excluding hydrogens is 286 g/mol. The van der Waals surface area contributed by atoms with Gasteiger partial charge in [-0.3, -0.25) is 0 Å². The molecule has 0 aliphatic rings. The highest BCUT2D eigenvalue weighted by atomic mass is 32.1. The van der Waals surface area contributed by atoms with Crippen molar-refractivity contribution in [1.82, 2.24) is 15.0 Å². The monoisotopic (exact) mass is 294 g/mol. The Kier molecular flexibility index (Phi) is 3.15. The number of hydrogen-bond acceptors (Lipinski definition) is 6. The number of aromatic nitrogens is 3. The van der Waals surface area contributed by atoms with E-state index in [9.17, 15) is 8.78 Å². The molecule has 5 nitrogen and oxygen atoms in total. The summed E-state index contributed by atoms with van der Waals surface area (Å²) < 4.78 is 28.4. The van der Waals surface area contributed by atoms with Crippen molar-refractivity contribution in [3.05, 3.63) is 30.5 Å². The van der Waals surface area contributed by atoms with Crippen LogP contribution in [0.15, 0.2) is 30.5 Å². The van der Waals surface area contributed by atoms with Gasteiger partial charge in [-0.1, -0.05) is 11.3 Å². The summed E-state index contributed by atoms with van der Waals surface area (Å²) in [5.41, 5.74) is 7.44. The molecule has 0 unspecified atom stereocenters. The summed E-state index contributed by atoms with van der Waals surface area (Å²) in [5, 5.41) is 0.401. The minimum absolute atomic E-state index is 0.0971. The van der Waals surface area contributed by atoms with Gasteiger partial charge in [-0.15, -0.1) is 0 Å². The summed E-state index contributed by atoms with van der Waals surface area (Å²) >= 11 is 1.24. The Morgan fingerprint density at radius 1 is 1.15 bits per heavy atom. The van der Waals surface area contributed by atoms with Crippen LogP contribution in [-0.2, 0) is 0 Å². The third kappa shape index (κ3) is 2.50. The van der Waals surface area contributed by atoms with Crippen LogP contribution in [0.1, 0.15) is 0 Å². The Hall–Kier alpha value is -2.35. The molecule has 0 saturated carbocycles. The van der Waals surface area contributed by atoms with Crippen LogP contribution in [0.3, 0.4) is 0 Å². The number of hydrogen-bond donors (Lipinski definition) is 1. The van der Waals surface area contributed by atoms with Gasteiger partial charge in [-0.2, -0.15) is 13.8 Å². The molecule has 0 fully saturated rings. The average Bonchev–Trinajstić information content (AvgIpc) is 2.78. The topological polar surface area (TPSA) is 73.9 Å². The van der Waals surface area contributed by atoms with E-state index in [1.54, 1.807) is 18.3 Å². The second kappa shape index (κ2) is 4.97. The van der Waals surface area contributed by atoms with Crippen molar-refractivity contribution in [3.8, 4) is 17.0 Å². The predicted octanol–water partition coefficient (Wildman–Crippen LogP) is 2.94. The number of nitrogens with zero attached hydrogens (tertiary/aromatic N) is 3. The molecule has 0 radical (unpaired) electrons. The van der Waals surface area contributed by atoms with E-state index < -0.39 is 6.61 Å². The molecule has 0 atom stereocenters. The molecule has 0 aliphatic carbocycles. The van der Waals surface area contributed by atoms with Crippen LogP contribution in [0.2, 0.25) is 0 Å². The molecule has 3 aromatic rings. The first kappa shape index (κ1) is 12.7. The zero-order chi connectivity index (χ0) is 14.1. The molecule has 0 saturated heterocycles. The van der Waals surface area contributed by atoms with Crippen LogP contribution in [0.25, 0.3) is 21.7 Å². The highest BCUT2D eigenvalue weighted by Crippen LogP contribution is 2.25. The van der Waals surface area contributed by atoms with Gasteiger partial charge < -0.3 is 10.5 Å². The number of nitrogen functional groups attached to an aromatic ring is 1. The highest BCUT2D eigenvalue weighted by Gasteiger charge is 2.08. The van der Waals surface area contributed by atoms with Gasteiger partial charge in [0.2, 0.25) is 0 Å². The zero-order valence-electron chi connectivity index (χ0n) is 9.96. The van der Waals surface area contributed by atoms with Gasteiger partial charge in [0.25, 0.3) is 0 Å². The molecule has 3 rings (SSSR count). The second-order valence-corrected chi connectivity index (χ2v) is 4.85. The van der Waals surface area contributed by atoms with Crippen molar-refractivity contribution >= 4 is 26.9 Å². The van der Waals surface area contributed by atoms with Gasteiger partial charge in [0.1, 0.15) is 5.75 Å². The highest BCUT2D eigenvalue weighted by molar-refractivity contribution is 7.21. The van der Waals surface area contributed by atoms with Gasteiger partial charge in [0, 0.05) is 5.56 Å². The van der Waals surface area contributed by atoms with E-state index in [-0.39, 0.29) is 5.75 Å². The van der Waals surface area contributed by atoms with Crippen molar-refractivity contribution in [1.29, 1.82) is 0 Å². The van der Waals surface area contributed by atoms with Crippen molar-refractivity contribution in [2.45, 2.75) is 6.61 Å². The van der Waals surface area contributed by atoms with Crippen LogP contribution < -0.4 is 10.5 Å². The van der Waals surface area contributed by atoms with Gasteiger partial charge >= 0.3 is 6.61 Å². The number of fused-ring (bicyclic) bond motifs is 1. The lowest BCUT2D eigenvalue weighted by Crippen LogP contribution is -2.01. The quantitative estimate of drug-likeness (QED) is 0.804. The Morgan fingerprint density at radius 3 is 2.60 bits per heavy atom. The SMILES string of the molecule is Nc1nc2ncc(-c3ccc(OC(F)F)cc3)nc2s1. The van der Waals surface area contributed by atoms with E-state index in [4.69, 9.17) is 5.73 Å². The Labute approximate surface area is 116 Å². The van der Waals surface area contributed by atoms with E-state index in [1.807, 2.05) is 0 Å². The number of alkyl halides is 2. The van der Waals surface area contributed by atoms with Gasteiger partial charge in [-0.05, 0) is 24.3 Å². The first-order valence-electron chi connectivity index (χ1n) is 5.56. The smallest absolute Gasteiger partial charge is 0.387 e. The minimum Gasteiger partial charge on any atom is -0.435 e. The van der Waals surface area contributed by atoms with Crippen molar-refractivity contribution in [2.75, 3.05) is 5.73 Å². The predicted molar refractivity (Wildman–Crippen MR) is 71.7 cm³/mol. The molecule has 2 aromatic heterocycles. The van der Waals surface area contributed by atoms with E-state index in [1.165, 1.54) is 23.5 Å². The molecule has 2 N–H and O–H groups in total. The van der Waals surface area contributed by atoms with E-state index in [0.717, 1.165) is 5.56 Å². The number of ether oxygens (including phenoxy) is 1. The van der Waals surface area contributed by atoms with Crippen molar-refractivity contribution < 1.29 is 13.5 Å². The van der Waals surface area contributed by atoms with Crippen molar-refractivity contribution in [2.24, 2.45) is 0 Å². The third-order valence-electron chi connectivity index (χ3n) is 2.51. The van der Waals surface area contributed by atoms with E-state index in [0.29, 0.717) is 21.3 Å². The fourth-order valence-electron chi connectivity index (χ4n) is 1.68. The number of rotatable bonds is 3. The molecule has 0 amide bonds. The maximum Gasteiger partial charge on any atom is 0.387 e. The molecule has 1 aromatic carbocycles. The molecular formula is C12H8F2N4OS. The summed E-state index contributed by atoms with van der Waals surface area (Å²) in [6, 6.07) is 6.18. The first-order valence-corrected chi connectivity index (χ1v) is 6.38. The summed E-state index contributed by atoms with van der Waals surface area (Å²) in [4.78, 5) is 13.2. The summed E-state index contributed by atoms with van der Waals surface area (Å²) in [6.07, 6.45) is 1.56. The van der Waals surface area contributed by atoms with Crippen LogP contribution in [0.4, 0.5) is 13.9 Å². The number of nitrogens with two attached hydrogens (primary N) is 1. The molecule has 0 bridgehead atoms. The maximum atomic E-state index is 12.1. The van der Waals surface area contributed by atoms with Crippen LogP contribution in [0.5, 0.6) is 5.75 Å². The molecule has 8 heteroatoms. The van der Waals surface area contributed by atoms with Gasteiger partial charge in [0.15, 0.2) is 15.6 Å². The number of anilines is 1.